The lowest BCUT2D eigenvalue weighted by Crippen LogP contribution is -2.18. The molecule has 1 aromatic rings. The van der Waals surface area contributed by atoms with Gasteiger partial charge >= 0.3 is 0 Å². The molecule has 0 radical (unpaired) electrons. The second-order valence-corrected chi connectivity index (χ2v) is 3.63. The Morgan fingerprint density at radius 2 is 2.07 bits per heavy atom. The predicted molar refractivity (Wildman–Crippen MR) is 53.2 cm³/mol. The molecule has 0 spiro atoms. The van der Waals surface area contributed by atoms with Crippen LogP contribution in [0.25, 0.3) is 5.57 Å². The van der Waals surface area contributed by atoms with Crippen LogP contribution in [0, 0.1) is 0 Å². The van der Waals surface area contributed by atoms with Crippen molar-refractivity contribution in [1.29, 1.82) is 0 Å². The van der Waals surface area contributed by atoms with Gasteiger partial charge in [-0.15, -0.1) is 10.2 Å². The Balaban J connectivity index is 2.19. The SMILES string of the molecule is Nc1ccc(C2=CCC(F)(F)CC2)nn1. The Bertz CT molecular complexity index is 384. The van der Waals surface area contributed by atoms with Gasteiger partial charge in [-0.2, -0.15) is 0 Å². The maximum absolute atomic E-state index is 12.9. The number of hydrogen-bond donors (Lipinski definition) is 1. The van der Waals surface area contributed by atoms with Gasteiger partial charge in [-0.25, -0.2) is 8.78 Å². The second-order valence-electron chi connectivity index (χ2n) is 3.63. The fraction of sp³-hybridized carbons (Fsp3) is 0.400. The first-order chi connectivity index (χ1) is 7.07. The van der Waals surface area contributed by atoms with E-state index in [0.29, 0.717) is 17.9 Å². The monoisotopic (exact) mass is 211 g/mol. The summed E-state index contributed by atoms with van der Waals surface area (Å²) in [7, 11) is 0. The third kappa shape index (κ3) is 2.29. The summed E-state index contributed by atoms with van der Waals surface area (Å²) >= 11 is 0. The number of hydrogen-bond acceptors (Lipinski definition) is 3. The van der Waals surface area contributed by atoms with Gasteiger partial charge in [0.2, 0.25) is 0 Å². The van der Waals surface area contributed by atoms with E-state index in [0.717, 1.165) is 5.57 Å². The van der Waals surface area contributed by atoms with Crippen LogP contribution in [0.5, 0.6) is 0 Å². The molecule has 0 amide bonds. The maximum Gasteiger partial charge on any atom is 0.251 e. The first kappa shape index (κ1) is 10.0. The lowest BCUT2D eigenvalue weighted by atomic mass is 9.94. The molecule has 0 aliphatic heterocycles. The predicted octanol–water partition coefficient (Wildman–Crippen LogP) is 2.26. The molecule has 5 heteroatoms. The number of nitrogen functional groups attached to an aromatic ring is 1. The molecule has 1 heterocycles. The summed E-state index contributed by atoms with van der Waals surface area (Å²) < 4.78 is 25.7. The quantitative estimate of drug-likeness (QED) is 0.775. The van der Waals surface area contributed by atoms with Crippen molar-refractivity contribution < 1.29 is 8.78 Å². The number of nitrogens with zero attached hydrogens (tertiary/aromatic N) is 2. The molecule has 1 aliphatic carbocycles. The van der Waals surface area contributed by atoms with E-state index in [-0.39, 0.29) is 12.8 Å². The molecule has 2 N–H and O–H groups in total. The zero-order chi connectivity index (χ0) is 10.9. The highest BCUT2D eigenvalue weighted by atomic mass is 19.3. The van der Waals surface area contributed by atoms with Gasteiger partial charge in [0.1, 0.15) is 5.82 Å². The van der Waals surface area contributed by atoms with Gasteiger partial charge in [-0.05, 0) is 24.1 Å². The number of allylic oxidation sites excluding steroid dienone is 2. The van der Waals surface area contributed by atoms with E-state index in [1.807, 2.05) is 0 Å². The zero-order valence-corrected chi connectivity index (χ0v) is 8.08. The van der Waals surface area contributed by atoms with E-state index in [4.69, 9.17) is 5.73 Å². The average molecular weight is 211 g/mol. The van der Waals surface area contributed by atoms with E-state index in [1.54, 1.807) is 12.1 Å². The van der Waals surface area contributed by atoms with Crippen molar-refractivity contribution in [2.24, 2.45) is 0 Å². The minimum absolute atomic E-state index is 0.120. The minimum Gasteiger partial charge on any atom is -0.382 e. The first-order valence-corrected chi connectivity index (χ1v) is 4.73. The Hall–Kier alpha value is -1.52. The Kier molecular flexibility index (Phi) is 2.38. The molecule has 3 nitrogen and oxygen atoms in total. The normalized spacial score (nSPS) is 19.7. The van der Waals surface area contributed by atoms with Crippen molar-refractivity contribution >= 4 is 11.4 Å². The molecule has 0 saturated carbocycles. The third-order valence-electron chi connectivity index (χ3n) is 2.42. The Morgan fingerprint density at radius 3 is 2.60 bits per heavy atom. The van der Waals surface area contributed by atoms with Crippen LogP contribution in [0.3, 0.4) is 0 Å². The summed E-state index contributed by atoms with van der Waals surface area (Å²) in [6.45, 7) is 0. The average Bonchev–Trinajstić information content (AvgIpc) is 2.20. The first-order valence-electron chi connectivity index (χ1n) is 4.73. The largest absolute Gasteiger partial charge is 0.382 e. The van der Waals surface area contributed by atoms with Crippen LogP contribution in [-0.4, -0.2) is 16.1 Å². The van der Waals surface area contributed by atoms with E-state index in [2.05, 4.69) is 10.2 Å². The Labute approximate surface area is 86.0 Å². The number of alkyl halides is 2. The second kappa shape index (κ2) is 3.56. The molecule has 15 heavy (non-hydrogen) atoms. The van der Waals surface area contributed by atoms with Gasteiger partial charge in [0.25, 0.3) is 5.92 Å². The highest BCUT2D eigenvalue weighted by Crippen LogP contribution is 2.35. The Morgan fingerprint density at radius 1 is 1.27 bits per heavy atom. The van der Waals surface area contributed by atoms with Crippen molar-refractivity contribution in [1.82, 2.24) is 10.2 Å². The molecule has 80 valence electrons. The summed E-state index contributed by atoms with van der Waals surface area (Å²) in [5.41, 5.74) is 6.85. The van der Waals surface area contributed by atoms with Gasteiger partial charge < -0.3 is 5.73 Å². The summed E-state index contributed by atoms with van der Waals surface area (Å²) in [6.07, 6.45) is 1.54. The highest BCUT2D eigenvalue weighted by molar-refractivity contribution is 5.63. The number of nitrogens with two attached hydrogens (primary N) is 1. The molecule has 0 saturated heterocycles. The van der Waals surface area contributed by atoms with E-state index < -0.39 is 5.92 Å². The smallest absolute Gasteiger partial charge is 0.251 e. The van der Waals surface area contributed by atoms with Crippen LogP contribution in [0.4, 0.5) is 14.6 Å². The molecule has 1 aliphatic rings. The van der Waals surface area contributed by atoms with Gasteiger partial charge in [0.15, 0.2) is 0 Å². The van der Waals surface area contributed by atoms with Crippen molar-refractivity contribution in [3.63, 3.8) is 0 Å². The van der Waals surface area contributed by atoms with Crippen molar-refractivity contribution in [2.75, 3.05) is 5.73 Å². The van der Waals surface area contributed by atoms with Crippen LogP contribution in [0.2, 0.25) is 0 Å². The third-order valence-corrected chi connectivity index (χ3v) is 2.42. The van der Waals surface area contributed by atoms with Crippen LogP contribution >= 0.6 is 0 Å². The topological polar surface area (TPSA) is 51.8 Å². The summed E-state index contributed by atoms with van der Waals surface area (Å²) in [6, 6.07) is 3.33. The summed E-state index contributed by atoms with van der Waals surface area (Å²) in [5.74, 6) is -2.23. The van der Waals surface area contributed by atoms with Crippen molar-refractivity contribution in [3.8, 4) is 0 Å². The molecule has 1 aromatic heterocycles. The molecule has 0 bridgehead atoms. The van der Waals surface area contributed by atoms with Gasteiger partial charge in [-0.1, -0.05) is 6.08 Å². The molecule has 0 atom stereocenters. The standard InChI is InChI=1S/C10H11F2N3/c11-10(12)5-3-7(4-6-10)8-1-2-9(13)15-14-8/h1-3H,4-6H2,(H2,13,15). The van der Waals surface area contributed by atoms with Crippen LogP contribution in [0.1, 0.15) is 25.0 Å². The summed E-state index contributed by atoms with van der Waals surface area (Å²) in [4.78, 5) is 0. The van der Waals surface area contributed by atoms with E-state index >= 15 is 0 Å². The van der Waals surface area contributed by atoms with Crippen LogP contribution < -0.4 is 5.73 Å². The van der Waals surface area contributed by atoms with Crippen LogP contribution in [-0.2, 0) is 0 Å². The van der Waals surface area contributed by atoms with E-state index in [1.165, 1.54) is 6.08 Å². The molecule has 0 aromatic carbocycles. The fourth-order valence-electron chi connectivity index (χ4n) is 1.54. The fourth-order valence-corrected chi connectivity index (χ4v) is 1.54. The van der Waals surface area contributed by atoms with Crippen LogP contribution in [0.15, 0.2) is 18.2 Å². The minimum atomic E-state index is -2.56. The van der Waals surface area contributed by atoms with Crippen molar-refractivity contribution in [3.05, 3.63) is 23.9 Å². The number of rotatable bonds is 1. The molecule has 2 rings (SSSR count). The molecule has 0 unspecified atom stereocenters. The lowest BCUT2D eigenvalue weighted by molar-refractivity contribution is -0.00606. The number of aromatic nitrogens is 2. The maximum atomic E-state index is 12.9. The zero-order valence-electron chi connectivity index (χ0n) is 8.08. The van der Waals surface area contributed by atoms with Gasteiger partial charge in [0.05, 0.1) is 5.69 Å². The molecule has 0 fully saturated rings. The summed E-state index contributed by atoms with van der Waals surface area (Å²) in [5, 5.41) is 7.55. The molecular weight excluding hydrogens is 200 g/mol. The number of anilines is 1. The highest BCUT2D eigenvalue weighted by Gasteiger charge is 2.31. The van der Waals surface area contributed by atoms with E-state index in [9.17, 15) is 8.78 Å². The number of halogens is 2. The molecular formula is C10H11F2N3. The van der Waals surface area contributed by atoms with Crippen molar-refractivity contribution in [2.45, 2.75) is 25.2 Å². The lowest BCUT2D eigenvalue weighted by Gasteiger charge is -2.20. The van der Waals surface area contributed by atoms with Gasteiger partial charge in [-0.3, -0.25) is 0 Å². The van der Waals surface area contributed by atoms with Gasteiger partial charge in [0, 0.05) is 12.8 Å².